The Bertz CT molecular complexity index is 577. The number of benzene rings is 1. The molecule has 21 heavy (non-hydrogen) atoms. The van der Waals surface area contributed by atoms with Crippen LogP contribution in [0.15, 0.2) is 29.2 Å². The van der Waals surface area contributed by atoms with Gasteiger partial charge in [-0.25, -0.2) is 8.42 Å². The van der Waals surface area contributed by atoms with Gasteiger partial charge in [-0.3, -0.25) is 0 Å². The number of rotatable bonds is 4. The Labute approximate surface area is 127 Å². The minimum Gasteiger partial charge on any atom is -0.367 e. The van der Waals surface area contributed by atoms with Gasteiger partial charge in [-0.05, 0) is 56.5 Å². The largest absolute Gasteiger partial charge is 0.367 e. The van der Waals surface area contributed by atoms with Gasteiger partial charge in [0.15, 0.2) is 9.84 Å². The molecule has 0 aromatic heterocycles. The first-order valence-corrected chi connectivity index (χ1v) is 9.60. The lowest BCUT2D eigenvalue weighted by Gasteiger charge is -2.31. The summed E-state index contributed by atoms with van der Waals surface area (Å²) in [5, 5.41) is 3.61. The predicted octanol–water partition coefficient (Wildman–Crippen LogP) is 2.20. The van der Waals surface area contributed by atoms with E-state index in [1.54, 1.807) is 19.1 Å². The number of nitrogens with one attached hydrogen (secondary N) is 1. The minimum absolute atomic E-state index is 0.157. The SMILES string of the molecule is CCS(=O)(=O)c1ccc(N2CCCC2C2CCCN2)cc1. The second kappa shape index (κ2) is 5.97. The van der Waals surface area contributed by atoms with Crippen LogP contribution < -0.4 is 10.2 Å². The summed E-state index contributed by atoms with van der Waals surface area (Å²) in [6, 6.07) is 8.59. The molecule has 1 aromatic rings. The lowest BCUT2D eigenvalue weighted by Crippen LogP contribution is -2.44. The zero-order valence-electron chi connectivity index (χ0n) is 12.6. The van der Waals surface area contributed by atoms with Crippen LogP contribution >= 0.6 is 0 Å². The molecule has 0 aliphatic carbocycles. The number of anilines is 1. The average Bonchev–Trinajstić information content (AvgIpc) is 3.18. The number of nitrogens with zero attached hydrogens (tertiary/aromatic N) is 1. The highest BCUT2D eigenvalue weighted by Crippen LogP contribution is 2.30. The first-order chi connectivity index (χ1) is 10.1. The number of sulfone groups is 1. The third kappa shape index (κ3) is 2.94. The fourth-order valence-electron chi connectivity index (χ4n) is 3.58. The molecule has 2 atom stereocenters. The zero-order valence-corrected chi connectivity index (χ0v) is 13.4. The lowest BCUT2D eigenvalue weighted by molar-refractivity contribution is 0.483. The highest BCUT2D eigenvalue weighted by atomic mass is 32.2. The van der Waals surface area contributed by atoms with Crippen molar-refractivity contribution in [2.75, 3.05) is 23.7 Å². The summed E-state index contributed by atoms with van der Waals surface area (Å²) in [6.45, 7) is 3.89. The standard InChI is InChI=1S/C16H24N2O2S/c1-2-21(19,20)14-9-7-13(8-10-14)18-12-4-6-16(18)15-5-3-11-17-15/h7-10,15-17H,2-6,11-12H2,1H3. The fourth-order valence-corrected chi connectivity index (χ4v) is 4.47. The monoisotopic (exact) mass is 308 g/mol. The van der Waals surface area contributed by atoms with Crippen LogP contribution in [0.2, 0.25) is 0 Å². The van der Waals surface area contributed by atoms with Crippen LogP contribution in [-0.4, -0.2) is 39.3 Å². The van der Waals surface area contributed by atoms with Crippen LogP contribution in [-0.2, 0) is 9.84 Å². The van der Waals surface area contributed by atoms with Crippen LogP contribution in [0.4, 0.5) is 5.69 Å². The summed E-state index contributed by atoms with van der Waals surface area (Å²) in [5.74, 6) is 0.157. The molecule has 0 saturated carbocycles. The van der Waals surface area contributed by atoms with Gasteiger partial charge in [-0.15, -0.1) is 0 Å². The summed E-state index contributed by atoms with van der Waals surface area (Å²) < 4.78 is 23.8. The topological polar surface area (TPSA) is 49.4 Å². The van der Waals surface area contributed by atoms with Gasteiger partial charge in [-0.2, -0.15) is 0 Å². The van der Waals surface area contributed by atoms with Crippen LogP contribution in [0.3, 0.4) is 0 Å². The molecule has 2 aliphatic rings. The molecule has 0 bridgehead atoms. The second-order valence-corrected chi connectivity index (χ2v) is 8.28. The first kappa shape index (κ1) is 14.9. The van der Waals surface area contributed by atoms with E-state index in [9.17, 15) is 8.42 Å². The van der Waals surface area contributed by atoms with Crippen molar-refractivity contribution in [3.05, 3.63) is 24.3 Å². The summed E-state index contributed by atoms with van der Waals surface area (Å²) in [7, 11) is -3.10. The zero-order chi connectivity index (χ0) is 14.9. The molecule has 0 amide bonds. The van der Waals surface area contributed by atoms with Crippen molar-refractivity contribution in [3.8, 4) is 0 Å². The Kier molecular flexibility index (Phi) is 4.22. The van der Waals surface area contributed by atoms with Gasteiger partial charge in [0.1, 0.15) is 0 Å². The molecule has 116 valence electrons. The van der Waals surface area contributed by atoms with E-state index in [0.29, 0.717) is 17.0 Å². The summed E-state index contributed by atoms with van der Waals surface area (Å²) in [6.07, 6.45) is 4.97. The second-order valence-electron chi connectivity index (χ2n) is 6.00. The van der Waals surface area contributed by atoms with Crippen molar-refractivity contribution in [2.24, 2.45) is 0 Å². The molecule has 5 heteroatoms. The maximum atomic E-state index is 11.9. The van der Waals surface area contributed by atoms with E-state index in [-0.39, 0.29) is 5.75 Å². The number of hydrogen-bond acceptors (Lipinski definition) is 4. The van der Waals surface area contributed by atoms with Crippen molar-refractivity contribution in [3.63, 3.8) is 0 Å². The molecule has 0 spiro atoms. The maximum absolute atomic E-state index is 11.9. The van der Waals surface area contributed by atoms with Crippen LogP contribution in [0.5, 0.6) is 0 Å². The third-order valence-corrected chi connectivity index (χ3v) is 6.52. The van der Waals surface area contributed by atoms with Gasteiger partial charge >= 0.3 is 0 Å². The van der Waals surface area contributed by atoms with E-state index in [2.05, 4.69) is 10.2 Å². The lowest BCUT2D eigenvalue weighted by atomic mass is 10.0. The smallest absolute Gasteiger partial charge is 0.178 e. The van der Waals surface area contributed by atoms with Gasteiger partial charge in [0.2, 0.25) is 0 Å². The predicted molar refractivity (Wildman–Crippen MR) is 85.6 cm³/mol. The quantitative estimate of drug-likeness (QED) is 0.926. The van der Waals surface area contributed by atoms with Gasteiger partial charge < -0.3 is 10.2 Å². The van der Waals surface area contributed by atoms with Crippen LogP contribution in [0, 0.1) is 0 Å². The summed E-state index contributed by atoms with van der Waals surface area (Å²) >= 11 is 0. The molecule has 2 aliphatic heterocycles. The van der Waals surface area contributed by atoms with Gasteiger partial charge in [0.25, 0.3) is 0 Å². The van der Waals surface area contributed by atoms with E-state index in [1.807, 2.05) is 12.1 Å². The molecule has 2 saturated heterocycles. The van der Waals surface area contributed by atoms with Crippen molar-refractivity contribution in [2.45, 2.75) is 49.6 Å². The molecule has 2 fully saturated rings. The molecular weight excluding hydrogens is 284 g/mol. The molecule has 1 aromatic carbocycles. The minimum atomic E-state index is -3.10. The Morgan fingerprint density at radius 3 is 2.57 bits per heavy atom. The van der Waals surface area contributed by atoms with Crippen molar-refractivity contribution < 1.29 is 8.42 Å². The van der Waals surface area contributed by atoms with Crippen LogP contribution in [0.1, 0.15) is 32.6 Å². The molecule has 3 rings (SSSR count). The Morgan fingerprint density at radius 1 is 1.19 bits per heavy atom. The summed E-state index contributed by atoms with van der Waals surface area (Å²) in [5.41, 5.74) is 1.15. The fraction of sp³-hybridized carbons (Fsp3) is 0.625. The van der Waals surface area contributed by atoms with Gasteiger partial charge in [0.05, 0.1) is 10.6 Å². The summed E-state index contributed by atoms with van der Waals surface area (Å²) in [4.78, 5) is 2.88. The van der Waals surface area contributed by atoms with E-state index in [1.165, 1.54) is 25.7 Å². The highest BCUT2D eigenvalue weighted by Gasteiger charge is 2.33. The Balaban J connectivity index is 1.80. The van der Waals surface area contributed by atoms with E-state index < -0.39 is 9.84 Å². The molecule has 2 heterocycles. The van der Waals surface area contributed by atoms with Gasteiger partial charge in [-0.1, -0.05) is 6.92 Å². The number of hydrogen-bond donors (Lipinski definition) is 1. The maximum Gasteiger partial charge on any atom is 0.178 e. The van der Waals surface area contributed by atoms with Gasteiger partial charge in [0, 0.05) is 24.3 Å². The molecule has 0 radical (unpaired) electrons. The van der Waals surface area contributed by atoms with E-state index in [4.69, 9.17) is 0 Å². The van der Waals surface area contributed by atoms with E-state index >= 15 is 0 Å². The van der Waals surface area contributed by atoms with Crippen molar-refractivity contribution >= 4 is 15.5 Å². The van der Waals surface area contributed by atoms with Crippen molar-refractivity contribution in [1.82, 2.24) is 5.32 Å². The highest BCUT2D eigenvalue weighted by molar-refractivity contribution is 7.91. The third-order valence-electron chi connectivity index (χ3n) is 4.77. The normalized spacial score (nSPS) is 26.4. The molecule has 1 N–H and O–H groups in total. The average molecular weight is 308 g/mol. The molecule has 4 nitrogen and oxygen atoms in total. The van der Waals surface area contributed by atoms with E-state index in [0.717, 1.165) is 18.8 Å². The Morgan fingerprint density at radius 2 is 1.95 bits per heavy atom. The van der Waals surface area contributed by atoms with Crippen molar-refractivity contribution in [1.29, 1.82) is 0 Å². The van der Waals surface area contributed by atoms with Crippen LogP contribution in [0.25, 0.3) is 0 Å². The Hall–Kier alpha value is -1.07. The first-order valence-electron chi connectivity index (χ1n) is 7.94. The molecule has 2 unspecified atom stereocenters. The molecular formula is C16H24N2O2S.